The average molecular weight is 382 g/mol. The van der Waals surface area contributed by atoms with E-state index in [2.05, 4.69) is 0 Å². The van der Waals surface area contributed by atoms with Gasteiger partial charge in [0.15, 0.2) is 12.1 Å². The molecule has 0 bridgehead atoms. The van der Waals surface area contributed by atoms with Gasteiger partial charge in [0.05, 0.1) is 17.6 Å². The topological polar surface area (TPSA) is 61.8 Å². The minimum absolute atomic E-state index is 0.210. The lowest BCUT2D eigenvalue weighted by Crippen LogP contribution is -2.26. The highest BCUT2D eigenvalue weighted by molar-refractivity contribution is 6.11. The van der Waals surface area contributed by atoms with Crippen molar-refractivity contribution < 1.29 is 23.8 Å². The van der Waals surface area contributed by atoms with Crippen LogP contribution in [-0.2, 0) is 9.53 Å². The van der Waals surface area contributed by atoms with Gasteiger partial charge in [-0.1, -0.05) is 12.1 Å². The summed E-state index contributed by atoms with van der Waals surface area (Å²) in [6, 6.07) is 13.7. The zero-order chi connectivity index (χ0) is 20.1. The summed E-state index contributed by atoms with van der Waals surface area (Å²) in [7, 11) is 0. The molecule has 0 spiro atoms. The van der Waals surface area contributed by atoms with Gasteiger partial charge in [0.2, 0.25) is 0 Å². The van der Waals surface area contributed by atoms with E-state index in [-0.39, 0.29) is 23.8 Å². The van der Waals surface area contributed by atoms with Crippen molar-refractivity contribution in [1.82, 2.24) is 0 Å². The first-order chi connectivity index (χ1) is 13.3. The van der Waals surface area contributed by atoms with Crippen molar-refractivity contribution in [3.63, 3.8) is 0 Å². The summed E-state index contributed by atoms with van der Waals surface area (Å²) in [5.41, 5.74) is 0.191. The van der Waals surface area contributed by atoms with Crippen LogP contribution in [0.4, 0.5) is 0 Å². The predicted octanol–water partition coefficient (Wildman–Crippen LogP) is 4.77. The summed E-state index contributed by atoms with van der Waals surface area (Å²) < 4.78 is 16.9. The molecular formula is C23H26O5. The summed E-state index contributed by atoms with van der Waals surface area (Å²) >= 11 is 0. The smallest absolute Gasteiger partial charge is 0.316 e. The number of carbonyl (C=O) groups is 2. The van der Waals surface area contributed by atoms with Crippen LogP contribution in [0, 0.1) is 5.41 Å². The average Bonchev–Trinajstić information content (AvgIpc) is 2.68. The van der Waals surface area contributed by atoms with Gasteiger partial charge in [-0.2, -0.15) is 0 Å². The molecule has 0 N–H and O–H groups in total. The van der Waals surface area contributed by atoms with Crippen LogP contribution in [0.15, 0.2) is 48.5 Å². The normalized spacial score (nSPS) is 17.0. The number of para-hydroxylation sites is 1. The molecule has 1 heterocycles. The fourth-order valence-electron chi connectivity index (χ4n) is 2.79. The summed E-state index contributed by atoms with van der Waals surface area (Å²) in [4.78, 5) is 25.2. The molecule has 0 aliphatic carbocycles. The molecule has 1 unspecified atom stereocenters. The van der Waals surface area contributed by atoms with E-state index in [0.29, 0.717) is 23.5 Å². The zero-order valence-corrected chi connectivity index (χ0v) is 16.6. The van der Waals surface area contributed by atoms with Gasteiger partial charge in [-0.3, -0.25) is 9.59 Å². The van der Waals surface area contributed by atoms with Crippen LogP contribution < -0.4 is 9.47 Å². The van der Waals surface area contributed by atoms with Crippen LogP contribution in [0.1, 0.15) is 56.0 Å². The van der Waals surface area contributed by atoms with Crippen LogP contribution in [0.5, 0.6) is 11.5 Å². The Morgan fingerprint density at radius 2 is 1.71 bits per heavy atom. The van der Waals surface area contributed by atoms with Gasteiger partial charge in [0, 0.05) is 12.0 Å². The number of benzene rings is 2. The third-order valence-electron chi connectivity index (χ3n) is 4.47. The van der Waals surface area contributed by atoms with E-state index in [0.717, 1.165) is 19.3 Å². The maximum Gasteiger partial charge on any atom is 0.316 e. The largest absolute Gasteiger partial charge is 0.465 e. The van der Waals surface area contributed by atoms with E-state index >= 15 is 0 Å². The molecule has 28 heavy (non-hydrogen) atoms. The fourth-order valence-corrected chi connectivity index (χ4v) is 2.79. The fraction of sp³-hybridized carbons (Fsp3) is 0.391. The number of hydrogen-bond acceptors (Lipinski definition) is 5. The first-order valence-electron chi connectivity index (χ1n) is 9.59. The van der Waals surface area contributed by atoms with Crippen molar-refractivity contribution >= 4 is 11.8 Å². The van der Waals surface area contributed by atoms with E-state index in [4.69, 9.17) is 14.2 Å². The highest BCUT2D eigenvalue weighted by Gasteiger charge is 2.26. The Labute approximate surface area is 165 Å². The van der Waals surface area contributed by atoms with E-state index in [1.54, 1.807) is 69.3 Å². The van der Waals surface area contributed by atoms with Gasteiger partial charge < -0.3 is 14.2 Å². The standard InChI is InChI=1S/C23H26O5/c1-23(2,3)22(25)28-19-9-5-4-8-18(19)21(24)16-11-13-17(14-12-16)27-20-10-6-7-15-26-20/h4-5,8-9,11-14,20H,6-7,10,15H2,1-3H3. The highest BCUT2D eigenvalue weighted by Crippen LogP contribution is 2.26. The highest BCUT2D eigenvalue weighted by atomic mass is 16.7. The van der Waals surface area contributed by atoms with Crippen molar-refractivity contribution in [2.24, 2.45) is 5.41 Å². The molecule has 148 valence electrons. The molecule has 0 amide bonds. The summed E-state index contributed by atoms with van der Waals surface area (Å²) in [6.45, 7) is 6.03. The third kappa shape index (κ3) is 4.98. The molecule has 3 rings (SSSR count). The second-order valence-electron chi connectivity index (χ2n) is 7.90. The van der Waals surface area contributed by atoms with Gasteiger partial charge >= 0.3 is 5.97 Å². The van der Waals surface area contributed by atoms with Gasteiger partial charge in [0.1, 0.15) is 11.5 Å². The monoisotopic (exact) mass is 382 g/mol. The van der Waals surface area contributed by atoms with E-state index in [1.807, 2.05) is 0 Å². The minimum Gasteiger partial charge on any atom is -0.465 e. The van der Waals surface area contributed by atoms with Crippen LogP contribution in [0.25, 0.3) is 0 Å². The van der Waals surface area contributed by atoms with Gasteiger partial charge in [0.25, 0.3) is 0 Å². The Hall–Kier alpha value is -2.66. The van der Waals surface area contributed by atoms with E-state index < -0.39 is 5.41 Å². The Kier molecular flexibility index (Phi) is 6.15. The van der Waals surface area contributed by atoms with Crippen molar-refractivity contribution in [3.8, 4) is 11.5 Å². The van der Waals surface area contributed by atoms with Gasteiger partial charge in [-0.05, 0) is 70.0 Å². The molecule has 5 nitrogen and oxygen atoms in total. The molecule has 2 aromatic rings. The number of ketones is 1. The molecule has 5 heteroatoms. The molecule has 1 fully saturated rings. The van der Waals surface area contributed by atoms with Gasteiger partial charge in [-0.15, -0.1) is 0 Å². The number of esters is 1. The predicted molar refractivity (Wildman–Crippen MR) is 106 cm³/mol. The number of hydrogen-bond donors (Lipinski definition) is 0. The lowest BCUT2D eigenvalue weighted by atomic mass is 9.97. The maximum absolute atomic E-state index is 12.9. The maximum atomic E-state index is 12.9. The Bertz CT molecular complexity index is 827. The lowest BCUT2D eigenvalue weighted by molar-refractivity contribution is -0.143. The van der Waals surface area contributed by atoms with Crippen LogP contribution >= 0.6 is 0 Å². The zero-order valence-electron chi connectivity index (χ0n) is 16.6. The SMILES string of the molecule is CC(C)(C)C(=O)Oc1ccccc1C(=O)c1ccc(OC2CCCCO2)cc1. The van der Waals surface area contributed by atoms with Gasteiger partial charge in [-0.25, -0.2) is 0 Å². The summed E-state index contributed by atoms with van der Waals surface area (Å²) in [6.07, 6.45) is 2.79. The van der Waals surface area contributed by atoms with Crippen LogP contribution in [0.2, 0.25) is 0 Å². The number of ether oxygens (including phenoxy) is 3. The molecule has 2 aromatic carbocycles. The molecule has 1 atom stereocenters. The van der Waals surface area contributed by atoms with Crippen molar-refractivity contribution in [2.75, 3.05) is 6.61 Å². The second-order valence-corrected chi connectivity index (χ2v) is 7.90. The van der Waals surface area contributed by atoms with Crippen LogP contribution in [-0.4, -0.2) is 24.6 Å². The van der Waals surface area contributed by atoms with Crippen molar-refractivity contribution in [3.05, 3.63) is 59.7 Å². The van der Waals surface area contributed by atoms with E-state index in [9.17, 15) is 9.59 Å². The summed E-state index contributed by atoms with van der Waals surface area (Å²) in [5, 5.41) is 0. The number of carbonyl (C=O) groups excluding carboxylic acids is 2. The van der Waals surface area contributed by atoms with E-state index in [1.165, 1.54) is 0 Å². The number of rotatable bonds is 5. The molecule has 1 aliphatic heterocycles. The lowest BCUT2D eigenvalue weighted by Gasteiger charge is -2.23. The molecule has 0 saturated carbocycles. The Balaban J connectivity index is 1.74. The first-order valence-corrected chi connectivity index (χ1v) is 9.59. The minimum atomic E-state index is -0.656. The summed E-state index contributed by atoms with van der Waals surface area (Å²) in [5.74, 6) is 0.334. The molecule has 0 radical (unpaired) electrons. The van der Waals surface area contributed by atoms with Crippen molar-refractivity contribution in [2.45, 2.75) is 46.3 Å². The third-order valence-corrected chi connectivity index (χ3v) is 4.47. The quantitative estimate of drug-likeness (QED) is 0.423. The Morgan fingerprint density at radius 3 is 2.36 bits per heavy atom. The molecular weight excluding hydrogens is 356 g/mol. The Morgan fingerprint density at radius 1 is 1.00 bits per heavy atom. The first kappa shape index (κ1) is 20.1. The molecule has 1 saturated heterocycles. The molecule has 1 aliphatic rings. The van der Waals surface area contributed by atoms with Crippen molar-refractivity contribution in [1.29, 1.82) is 0 Å². The van der Waals surface area contributed by atoms with Crippen LogP contribution in [0.3, 0.4) is 0 Å². The molecule has 0 aromatic heterocycles. The second kappa shape index (κ2) is 8.57.